The van der Waals surface area contributed by atoms with Gasteiger partial charge in [-0.25, -0.2) is 4.79 Å². The Bertz CT molecular complexity index is 2920. The highest BCUT2D eigenvalue weighted by Crippen LogP contribution is 2.42. The number of hydrogen-bond acceptors (Lipinski definition) is 35. The third-order valence-electron chi connectivity index (χ3n) is 22.6. The summed E-state index contributed by atoms with van der Waals surface area (Å²) in [5, 5.41) is 225. The Morgan fingerprint density at radius 2 is 0.849 bits per heavy atom. The van der Waals surface area contributed by atoms with E-state index in [1.165, 1.54) is 89.5 Å². The van der Waals surface area contributed by atoms with E-state index in [4.69, 9.17) is 56.8 Å². The molecule has 4 amide bonds. The molecule has 6 aliphatic heterocycles. The molecule has 0 aromatic carbocycles. The van der Waals surface area contributed by atoms with E-state index >= 15 is 0 Å². The standard InChI is InChI=1S/C79H140N4O36/c1-6-8-10-12-14-16-18-20-22-24-26-28-30-32-46(93)45(83-54(96)33-31-29-27-25-23-21-19-17-15-13-11-9-7-2)41-108-75-64(103)63(102)67(52(39-88)112-75)114-77-66(105)72(119-79(78(106)107)34-47(94)55(80-42(3)90)70(118-79)58(97)48(95)35-84)68(53(40-89)113-77)115-74-57(82-44(5)92)69(60(99)50(37-86)110-74)116-76-65(104)71(61(100)51(38-87)111-76)117-73-56(81-43(4)91)62(101)59(98)49(36-85)109-73/h30,32,45-53,55-77,84-89,93-95,97-105H,6-29,31,33-41H2,1-5H3,(H,80,90)(H,81,91)(H,82,92)(H,83,96)(H,106,107)/b32-30+/t45-,46+,47?,48+,49?,50?,51?,52?,53?,55+,56?,57?,58+,59+,60-,61-,62+,63+,64?,65?,66?,67+,68-,69+,70?,71-,72+,73-,74-,75+,76-,77-,79-/m0/s1. The van der Waals surface area contributed by atoms with E-state index in [2.05, 4.69) is 35.1 Å². The number of nitrogens with one attached hydrogen (secondary N) is 4. The second-order valence-corrected chi connectivity index (χ2v) is 32.1. The minimum absolute atomic E-state index is 0.112. The maximum absolute atomic E-state index is 14.0. The lowest BCUT2D eigenvalue weighted by atomic mass is 9.88. The molecule has 0 aliphatic carbocycles. The van der Waals surface area contributed by atoms with Gasteiger partial charge in [-0.15, -0.1) is 0 Å². The van der Waals surface area contributed by atoms with E-state index < -0.39 is 284 Å². The smallest absolute Gasteiger partial charge is 0.364 e. The molecule has 692 valence electrons. The predicted molar refractivity (Wildman–Crippen MR) is 413 cm³/mol. The molecule has 0 spiro atoms. The Morgan fingerprint density at radius 1 is 0.437 bits per heavy atom. The van der Waals surface area contributed by atoms with Gasteiger partial charge in [0.25, 0.3) is 5.79 Å². The quantitative estimate of drug-likeness (QED) is 0.0205. The zero-order valence-corrected chi connectivity index (χ0v) is 69.1. The van der Waals surface area contributed by atoms with Crippen LogP contribution in [0, 0.1) is 0 Å². The van der Waals surface area contributed by atoms with Crippen LogP contribution in [0.25, 0.3) is 0 Å². The molecule has 6 fully saturated rings. The fourth-order valence-electron chi connectivity index (χ4n) is 15.8. The number of rotatable bonds is 54. The van der Waals surface area contributed by atoms with Crippen molar-refractivity contribution in [3.8, 4) is 0 Å². The summed E-state index contributed by atoms with van der Waals surface area (Å²) in [6.07, 6.45) is -29.4. The number of unbranched alkanes of at least 4 members (excludes halogenated alkanes) is 23. The van der Waals surface area contributed by atoms with Crippen LogP contribution in [0.3, 0.4) is 0 Å². The average molecular weight is 1720 g/mol. The summed E-state index contributed by atoms with van der Waals surface area (Å²) in [6, 6.07) is -6.70. The van der Waals surface area contributed by atoms with Gasteiger partial charge in [-0.3, -0.25) is 19.2 Å². The van der Waals surface area contributed by atoms with Gasteiger partial charge in [0.15, 0.2) is 31.5 Å². The van der Waals surface area contributed by atoms with Crippen molar-refractivity contribution in [2.24, 2.45) is 0 Å². The molecular weight excluding hydrogens is 1580 g/mol. The van der Waals surface area contributed by atoms with Crippen molar-refractivity contribution in [3.63, 3.8) is 0 Å². The van der Waals surface area contributed by atoms with Crippen molar-refractivity contribution in [2.45, 2.75) is 410 Å². The van der Waals surface area contributed by atoms with Crippen molar-refractivity contribution in [1.29, 1.82) is 0 Å². The van der Waals surface area contributed by atoms with Gasteiger partial charge < -0.3 is 175 Å². The normalized spacial score (nSPS) is 36.2. The van der Waals surface area contributed by atoms with Gasteiger partial charge >= 0.3 is 5.97 Å². The van der Waals surface area contributed by atoms with Gasteiger partial charge in [0.2, 0.25) is 23.6 Å². The average Bonchev–Trinajstić information content (AvgIpc) is 0.745. The lowest BCUT2D eigenvalue weighted by Gasteiger charge is -2.53. The number of carboxylic acid groups (broad SMARTS) is 1. The van der Waals surface area contributed by atoms with Crippen molar-refractivity contribution < 1.29 is 178 Å². The second-order valence-electron chi connectivity index (χ2n) is 32.1. The number of ether oxygens (including phenoxy) is 12. The van der Waals surface area contributed by atoms with Gasteiger partial charge in [0, 0.05) is 33.6 Å². The zero-order chi connectivity index (χ0) is 87.6. The Labute approximate surface area is 694 Å². The summed E-state index contributed by atoms with van der Waals surface area (Å²) in [5.41, 5.74) is 0. The van der Waals surface area contributed by atoms with Crippen LogP contribution < -0.4 is 21.3 Å². The Morgan fingerprint density at radius 3 is 1.35 bits per heavy atom. The van der Waals surface area contributed by atoms with Crippen LogP contribution in [-0.2, 0) is 80.8 Å². The topological polar surface area (TPSA) is 629 Å². The molecule has 23 N–H and O–H groups in total. The van der Waals surface area contributed by atoms with Gasteiger partial charge in [-0.2, -0.15) is 0 Å². The number of amides is 4. The second kappa shape index (κ2) is 53.4. The molecular formula is C79H140N4O36. The third-order valence-corrected chi connectivity index (χ3v) is 22.6. The van der Waals surface area contributed by atoms with Crippen LogP contribution in [-0.4, -0.2) is 375 Å². The first-order valence-electron chi connectivity index (χ1n) is 42.6. The van der Waals surface area contributed by atoms with Crippen molar-refractivity contribution in [3.05, 3.63) is 12.2 Å². The summed E-state index contributed by atoms with van der Waals surface area (Å²) < 4.78 is 72.6. The molecule has 0 radical (unpaired) electrons. The third kappa shape index (κ3) is 30.6. The number of hydrogen-bond donors (Lipinski definition) is 23. The molecule has 12 unspecified atom stereocenters. The lowest BCUT2D eigenvalue weighted by Crippen LogP contribution is -2.72. The highest BCUT2D eigenvalue weighted by Gasteiger charge is 2.63. The number of aliphatic carboxylic acids is 1. The number of carbonyl (C=O) groups excluding carboxylic acids is 4. The van der Waals surface area contributed by atoms with Crippen LogP contribution in [0.5, 0.6) is 0 Å². The van der Waals surface area contributed by atoms with E-state index in [0.717, 1.165) is 85.0 Å². The summed E-state index contributed by atoms with van der Waals surface area (Å²) in [4.78, 5) is 66.0. The molecule has 6 aliphatic rings. The van der Waals surface area contributed by atoms with E-state index in [-0.39, 0.29) is 6.42 Å². The Hall–Kier alpha value is -4.11. The van der Waals surface area contributed by atoms with Gasteiger partial charge in [0.05, 0.1) is 70.5 Å². The molecule has 0 bridgehead atoms. The lowest BCUT2D eigenvalue weighted by molar-refractivity contribution is -0.404. The number of aliphatic hydroxyl groups is 18. The van der Waals surface area contributed by atoms with E-state index in [9.17, 15) is 121 Å². The van der Waals surface area contributed by atoms with Crippen molar-refractivity contribution in [1.82, 2.24) is 21.3 Å². The van der Waals surface area contributed by atoms with Crippen molar-refractivity contribution >= 4 is 29.6 Å². The SMILES string of the molecule is CCCCCCCCCCCCC/C=C/[C@@H](O)[C@H](CO[C@@H]1OC(CO)[C@@H](O[C@@H]2OC(CO)[C@H](O[C@@H]3OC(CO)[C@H](O)[C@H](O[C@@H]4OC(CO)[C@H](O)[C@H](O[C@@H]5OC(CO)[C@@H](O)[C@H](O)C5NC(C)=O)C4O)C3NC(C)=O)[C@H](O[C@]3(C(=O)O)CC(O)[C@@H](NC(C)=O)C([C@H](O)[C@H](O)CO)O3)C2O)[C@H](O)C1O)NC(=O)CCCCCCCCCCCCCCC. The number of aliphatic hydroxyl groups excluding tert-OH is 18. The molecule has 33 atom stereocenters. The summed E-state index contributed by atoms with van der Waals surface area (Å²) >= 11 is 0. The molecule has 6 rings (SSSR count). The molecule has 0 aromatic heterocycles. The summed E-state index contributed by atoms with van der Waals surface area (Å²) in [6.45, 7) is -0.0976. The fourth-order valence-corrected chi connectivity index (χ4v) is 15.8. The Balaban J connectivity index is 1.29. The Kier molecular flexibility index (Phi) is 46.5. The molecule has 0 saturated carbocycles. The molecule has 0 aromatic rings. The van der Waals surface area contributed by atoms with Crippen molar-refractivity contribution in [2.75, 3.05) is 46.2 Å². The van der Waals surface area contributed by atoms with E-state index in [1.807, 2.05) is 0 Å². The van der Waals surface area contributed by atoms with Crippen LogP contribution >= 0.6 is 0 Å². The monoisotopic (exact) mass is 1720 g/mol. The molecule has 119 heavy (non-hydrogen) atoms. The maximum atomic E-state index is 14.0. The summed E-state index contributed by atoms with van der Waals surface area (Å²) in [7, 11) is 0. The number of carboxylic acids is 1. The molecule has 6 heterocycles. The number of allylic oxidation sites excluding steroid dienone is 1. The molecule has 40 nitrogen and oxygen atoms in total. The van der Waals surface area contributed by atoms with E-state index in [1.54, 1.807) is 6.08 Å². The molecule has 40 heteroatoms. The first kappa shape index (κ1) is 104. The van der Waals surface area contributed by atoms with Crippen LogP contribution in [0.1, 0.15) is 208 Å². The van der Waals surface area contributed by atoms with Crippen LogP contribution in [0.15, 0.2) is 12.2 Å². The van der Waals surface area contributed by atoms with Gasteiger partial charge in [0.1, 0.15) is 140 Å². The largest absolute Gasteiger partial charge is 0.477 e. The predicted octanol–water partition coefficient (Wildman–Crippen LogP) is -3.85. The first-order valence-corrected chi connectivity index (χ1v) is 42.6. The minimum atomic E-state index is -3.45. The van der Waals surface area contributed by atoms with E-state index in [0.29, 0.717) is 12.8 Å². The highest BCUT2D eigenvalue weighted by molar-refractivity contribution is 5.77. The first-order chi connectivity index (χ1) is 56.9. The van der Waals surface area contributed by atoms with Crippen LogP contribution in [0.4, 0.5) is 0 Å². The fraction of sp³-hybridized carbons (Fsp3) is 0.911. The van der Waals surface area contributed by atoms with Gasteiger partial charge in [-0.1, -0.05) is 167 Å². The maximum Gasteiger partial charge on any atom is 0.364 e. The molecule has 6 saturated heterocycles. The number of carbonyl (C=O) groups is 5. The zero-order valence-electron chi connectivity index (χ0n) is 69.1. The summed E-state index contributed by atoms with van der Waals surface area (Å²) in [5.74, 6) is -8.75. The highest BCUT2D eigenvalue weighted by atomic mass is 16.8. The minimum Gasteiger partial charge on any atom is -0.477 e. The van der Waals surface area contributed by atoms with Crippen LogP contribution in [0.2, 0.25) is 0 Å². The van der Waals surface area contributed by atoms with Gasteiger partial charge in [-0.05, 0) is 19.3 Å².